The first-order valence-electron chi connectivity index (χ1n) is 6.97. The number of carboxylic acids is 1. The Kier molecular flexibility index (Phi) is 4.75. The van der Waals surface area contributed by atoms with Gasteiger partial charge in [0.25, 0.3) is 0 Å². The predicted octanol–water partition coefficient (Wildman–Crippen LogP) is 2.55. The van der Waals surface area contributed by atoms with E-state index < -0.39 is 20.6 Å². The fourth-order valence-corrected chi connectivity index (χ4v) is 3.89. The summed E-state index contributed by atoms with van der Waals surface area (Å²) in [6, 6.07) is 14.4. The minimum absolute atomic E-state index is 0.0425. The molecule has 0 radical (unpaired) electrons. The molecular formula is C17H18O5S. The van der Waals surface area contributed by atoms with Crippen molar-refractivity contribution < 1.29 is 23.1 Å². The van der Waals surface area contributed by atoms with Gasteiger partial charge in [-0.1, -0.05) is 30.3 Å². The molecule has 0 bridgehead atoms. The molecule has 0 aliphatic rings. The molecule has 122 valence electrons. The molecule has 1 unspecified atom stereocenters. The Morgan fingerprint density at radius 3 is 2.13 bits per heavy atom. The van der Waals surface area contributed by atoms with E-state index in [2.05, 4.69) is 0 Å². The number of hydrogen-bond donors (Lipinski definition) is 1. The van der Waals surface area contributed by atoms with E-state index in [0.717, 1.165) is 0 Å². The Labute approximate surface area is 135 Å². The van der Waals surface area contributed by atoms with Crippen LogP contribution in [0.15, 0.2) is 59.5 Å². The maximum atomic E-state index is 12.9. The quantitative estimate of drug-likeness (QED) is 0.878. The van der Waals surface area contributed by atoms with E-state index in [-0.39, 0.29) is 11.3 Å². The molecule has 0 spiro atoms. The van der Waals surface area contributed by atoms with E-state index in [1.54, 1.807) is 30.3 Å². The Balaban J connectivity index is 2.47. The van der Waals surface area contributed by atoms with E-state index in [1.807, 2.05) is 0 Å². The molecule has 6 heteroatoms. The lowest BCUT2D eigenvalue weighted by molar-refractivity contribution is -0.139. The maximum absolute atomic E-state index is 12.9. The van der Waals surface area contributed by atoms with Crippen molar-refractivity contribution in [2.75, 3.05) is 7.11 Å². The average molecular weight is 334 g/mol. The lowest BCUT2D eigenvalue weighted by Crippen LogP contribution is -2.45. The van der Waals surface area contributed by atoms with Gasteiger partial charge in [-0.05, 0) is 36.8 Å². The van der Waals surface area contributed by atoms with Crippen LogP contribution in [0.25, 0.3) is 0 Å². The summed E-state index contributed by atoms with van der Waals surface area (Å²) >= 11 is 0. The zero-order valence-corrected chi connectivity index (χ0v) is 13.7. The monoisotopic (exact) mass is 334 g/mol. The second-order valence-electron chi connectivity index (χ2n) is 5.38. The minimum atomic E-state index is -4.08. The summed E-state index contributed by atoms with van der Waals surface area (Å²) in [5, 5.41) is 9.59. The molecule has 0 aliphatic carbocycles. The second-order valence-corrected chi connectivity index (χ2v) is 7.76. The summed E-state index contributed by atoms with van der Waals surface area (Å²) < 4.78 is 28.8. The summed E-state index contributed by atoms with van der Waals surface area (Å²) in [6.45, 7) is 1.24. The van der Waals surface area contributed by atoms with Crippen LogP contribution in [0.4, 0.5) is 0 Å². The van der Waals surface area contributed by atoms with Crippen molar-refractivity contribution in [1.82, 2.24) is 0 Å². The van der Waals surface area contributed by atoms with Crippen LogP contribution >= 0.6 is 0 Å². The van der Waals surface area contributed by atoms with Gasteiger partial charge in [-0.15, -0.1) is 0 Å². The highest BCUT2D eigenvalue weighted by Gasteiger charge is 2.47. The summed E-state index contributed by atoms with van der Waals surface area (Å²) in [7, 11) is -2.61. The number of carbonyl (C=O) groups is 1. The molecular weight excluding hydrogens is 316 g/mol. The van der Waals surface area contributed by atoms with Gasteiger partial charge in [-0.2, -0.15) is 0 Å². The van der Waals surface area contributed by atoms with E-state index in [1.165, 1.54) is 38.3 Å². The fourth-order valence-electron chi connectivity index (χ4n) is 2.29. The number of rotatable bonds is 6. The van der Waals surface area contributed by atoms with Crippen molar-refractivity contribution in [3.63, 3.8) is 0 Å². The molecule has 0 aromatic heterocycles. The number of methoxy groups -OCH3 is 1. The molecule has 2 aromatic carbocycles. The number of benzene rings is 2. The van der Waals surface area contributed by atoms with Crippen LogP contribution in [0.5, 0.6) is 5.75 Å². The molecule has 0 aliphatic heterocycles. The smallest absolute Gasteiger partial charge is 0.325 e. The zero-order chi connectivity index (χ0) is 17.1. The average Bonchev–Trinajstić information content (AvgIpc) is 2.55. The third-order valence-electron chi connectivity index (χ3n) is 3.80. The first kappa shape index (κ1) is 17.0. The highest BCUT2D eigenvalue weighted by Crippen LogP contribution is 2.30. The zero-order valence-electron chi connectivity index (χ0n) is 12.9. The Hall–Kier alpha value is -2.34. The van der Waals surface area contributed by atoms with Gasteiger partial charge in [0.05, 0.1) is 12.0 Å². The molecule has 0 saturated heterocycles. The first-order chi connectivity index (χ1) is 10.8. The fraction of sp³-hybridized carbons (Fsp3) is 0.235. The molecule has 23 heavy (non-hydrogen) atoms. The lowest BCUT2D eigenvalue weighted by Gasteiger charge is -2.25. The van der Waals surface area contributed by atoms with Crippen molar-refractivity contribution in [3.8, 4) is 5.75 Å². The largest absolute Gasteiger partial charge is 0.497 e. The van der Waals surface area contributed by atoms with E-state index in [4.69, 9.17) is 4.74 Å². The number of ether oxygens (including phenoxy) is 1. The normalized spacial score (nSPS) is 14.0. The highest BCUT2D eigenvalue weighted by molar-refractivity contribution is 7.93. The highest BCUT2D eigenvalue weighted by atomic mass is 32.2. The molecule has 0 heterocycles. The molecule has 2 rings (SSSR count). The Morgan fingerprint density at radius 1 is 1.09 bits per heavy atom. The van der Waals surface area contributed by atoms with Gasteiger partial charge in [-0.25, -0.2) is 8.42 Å². The molecule has 0 fully saturated rings. The van der Waals surface area contributed by atoms with Crippen LogP contribution in [-0.4, -0.2) is 31.4 Å². The summed E-state index contributed by atoms with van der Waals surface area (Å²) in [6.07, 6.45) is -0.114. The summed E-state index contributed by atoms with van der Waals surface area (Å²) in [5.74, 6) is -0.874. The lowest BCUT2D eigenvalue weighted by atomic mass is 10.0. The van der Waals surface area contributed by atoms with Gasteiger partial charge in [0.15, 0.2) is 14.6 Å². The maximum Gasteiger partial charge on any atom is 0.325 e. The summed E-state index contributed by atoms with van der Waals surface area (Å²) in [5.41, 5.74) is 0.648. The van der Waals surface area contributed by atoms with Gasteiger partial charge in [-0.3, -0.25) is 4.79 Å². The molecule has 5 nitrogen and oxygen atoms in total. The van der Waals surface area contributed by atoms with Crippen molar-refractivity contribution >= 4 is 15.8 Å². The Morgan fingerprint density at radius 2 is 1.65 bits per heavy atom. The third kappa shape index (κ3) is 3.22. The number of aliphatic carboxylic acids is 1. The summed E-state index contributed by atoms with van der Waals surface area (Å²) in [4.78, 5) is 11.7. The predicted molar refractivity (Wildman–Crippen MR) is 86.4 cm³/mol. The van der Waals surface area contributed by atoms with Crippen molar-refractivity contribution in [2.45, 2.75) is 23.0 Å². The second kappa shape index (κ2) is 6.42. The van der Waals surface area contributed by atoms with Crippen molar-refractivity contribution in [3.05, 3.63) is 60.2 Å². The van der Waals surface area contributed by atoms with Crippen molar-refractivity contribution in [2.24, 2.45) is 0 Å². The van der Waals surface area contributed by atoms with Crippen LogP contribution in [0, 0.1) is 0 Å². The van der Waals surface area contributed by atoms with Crippen LogP contribution < -0.4 is 4.74 Å². The van der Waals surface area contributed by atoms with Crippen LogP contribution in [0.1, 0.15) is 12.5 Å². The van der Waals surface area contributed by atoms with Gasteiger partial charge in [0.1, 0.15) is 5.75 Å². The number of hydrogen-bond acceptors (Lipinski definition) is 4. The molecule has 1 N–H and O–H groups in total. The first-order valence-corrected chi connectivity index (χ1v) is 8.45. The number of carboxylic acid groups (broad SMARTS) is 1. The topological polar surface area (TPSA) is 80.7 Å². The van der Waals surface area contributed by atoms with E-state index in [9.17, 15) is 18.3 Å². The molecule has 0 amide bonds. The van der Waals surface area contributed by atoms with E-state index in [0.29, 0.717) is 11.3 Å². The van der Waals surface area contributed by atoms with Crippen LogP contribution in [-0.2, 0) is 21.1 Å². The molecule has 1 atom stereocenters. The SMILES string of the molecule is COc1ccc(S(=O)(=O)C(C)(Cc2ccccc2)C(=O)O)cc1. The Bertz CT molecular complexity index is 781. The van der Waals surface area contributed by atoms with Crippen LogP contribution in [0.2, 0.25) is 0 Å². The van der Waals surface area contributed by atoms with E-state index >= 15 is 0 Å². The standard InChI is InChI=1S/C17H18O5S/c1-17(16(18)19,12-13-6-4-3-5-7-13)23(20,21)15-10-8-14(22-2)9-11-15/h3-11H,12H2,1-2H3,(H,18,19). The van der Waals surface area contributed by atoms with Gasteiger partial charge < -0.3 is 9.84 Å². The van der Waals surface area contributed by atoms with Gasteiger partial charge in [0, 0.05) is 6.42 Å². The number of sulfone groups is 1. The van der Waals surface area contributed by atoms with Gasteiger partial charge >= 0.3 is 5.97 Å². The van der Waals surface area contributed by atoms with Crippen molar-refractivity contribution in [1.29, 1.82) is 0 Å². The molecule has 2 aromatic rings. The third-order valence-corrected chi connectivity index (χ3v) is 6.20. The van der Waals surface area contributed by atoms with Crippen LogP contribution in [0.3, 0.4) is 0 Å². The molecule has 0 saturated carbocycles. The van der Waals surface area contributed by atoms with Gasteiger partial charge in [0.2, 0.25) is 0 Å². The minimum Gasteiger partial charge on any atom is -0.497 e.